The van der Waals surface area contributed by atoms with E-state index in [-0.39, 0.29) is 36.9 Å². The molecule has 2 N–H and O–H groups in total. The average Bonchev–Trinajstić information content (AvgIpc) is 3.10. The van der Waals surface area contributed by atoms with Crippen molar-refractivity contribution in [2.24, 2.45) is 0 Å². The number of carbonyl (C=O) groups excluding carboxylic acids is 2. The topological polar surface area (TPSA) is 79.9 Å². The van der Waals surface area contributed by atoms with E-state index >= 15 is 0 Å². The fourth-order valence-corrected chi connectivity index (χ4v) is 3.94. The van der Waals surface area contributed by atoms with E-state index in [0.717, 1.165) is 51.5 Å². The second-order valence-electron chi connectivity index (χ2n) is 7.00. The third-order valence-corrected chi connectivity index (χ3v) is 5.17. The van der Waals surface area contributed by atoms with Crippen LogP contribution in [0, 0.1) is 0 Å². The number of hydrogen-bond acceptors (Lipinski definition) is 5. The maximum absolute atomic E-state index is 12.2. The summed E-state index contributed by atoms with van der Waals surface area (Å²) in [6.07, 6.45) is 8.45. The number of amides is 3. The van der Waals surface area contributed by atoms with Crippen molar-refractivity contribution < 1.29 is 19.1 Å². The lowest BCUT2D eigenvalue weighted by atomic mass is 9.96. The van der Waals surface area contributed by atoms with Crippen LogP contribution in [-0.2, 0) is 14.3 Å². The Balaban J connectivity index is 1.44. The number of hydrogen-bond donors (Lipinski definition) is 2. The van der Waals surface area contributed by atoms with Crippen LogP contribution in [0.25, 0.3) is 0 Å². The van der Waals surface area contributed by atoms with Crippen molar-refractivity contribution in [3.63, 3.8) is 0 Å². The third kappa shape index (κ3) is 4.91. The summed E-state index contributed by atoms with van der Waals surface area (Å²) in [5, 5.41) is 5.39. The lowest BCUT2D eigenvalue weighted by Gasteiger charge is -2.37. The first kappa shape index (κ1) is 17.6. The predicted octanol–water partition coefficient (Wildman–Crippen LogP) is 1.37. The molecule has 1 atom stereocenters. The average molecular weight is 339 g/mol. The van der Waals surface area contributed by atoms with Gasteiger partial charge in [0.15, 0.2) is 6.29 Å². The van der Waals surface area contributed by atoms with E-state index in [2.05, 4.69) is 15.5 Å². The summed E-state index contributed by atoms with van der Waals surface area (Å²) in [5.41, 5.74) is 0. The van der Waals surface area contributed by atoms with Crippen molar-refractivity contribution in [2.75, 3.05) is 26.3 Å². The summed E-state index contributed by atoms with van der Waals surface area (Å²) < 4.78 is 11.2. The van der Waals surface area contributed by atoms with Crippen molar-refractivity contribution >= 4 is 11.9 Å². The van der Waals surface area contributed by atoms with Gasteiger partial charge in [-0.15, -0.1) is 0 Å². The largest absolute Gasteiger partial charge is 0.349 e. The third-order valence-electron chi connectivity index (χ3n) is 5.17. The zero-order valence-electron chi connectivity index (χ0n) is 14.3. The van der Waals surface area contributed by atoms with Crippen LogP contribution in [0.3, 0.4) is 0 Å². The Morgan fingerprint density at radius 3 is 2.42 bits per heavy atom. The highest BCUT2D eigenvalue weighted by Gasteiger charge is 2.34. The molecule has 3 rings (SSSR count). The molecule has 2 aliphatic heterocycles. The van der Waals surface area contributed by atoms with Crippen molar-refractivity contribution in [1.82, 2.24) is 15.5 Å². The molecule has 0 radical (unpaired) electrons. The summed E-state index contributed by atoms with van der Waals surface area (Å²) in [6.45, 7) is 2.29. The number of nitrogens with one attached hydrogen (secondary N) is 2. The van der Waals surface area contributed by atoms with Crippen LogP contribution < -0.4 is 10.6 Å². The number of imide groups is 1. The van der Waals surface area contributed by atoms with Crippen molar-refractivity contribution in [2.45, 2.75) is 69.7 Å². The highest BCUT2D eigenvalue weighted by Crippen LogP contribution is 2.24. The van der Waals surface area contributed by atoms with E-state index < -0.39 is 0 Å². The predicted molar refractivity (Wildman–Crippen MR) is 88.5 cm³/mol. The minimum absolute atomic E-state index is 0.105. The normalized spacial score (nSPS) is 27.1. The second kappa shape index (κ2) is 8.78. The molecule has 3 fully saturated rings. The van der Waals surface area contributed by atoms with Gasteiger partial charge in [0.2, 0.25) is 5.91 Å². The highest BCUT2D eigenvalue weighted by atomic mass is 16.7. The maximum atomic E-state index is 12.2. The van der Waals surface area contributed by atoms with Gasteiger partial charge in [-0.2, -0.15) is 0 Å². The van der Waals surface area contributed by atoms with Gasteiger partial charge in [-0.05, 0) is 32.2 Å². The van der Waals surface area contributed by atoms with E-state index in [1.807, 2.05) is 0 Å². The molecule has 3 amide bonds. The number of nitrogens with zero attached hydrogens (tertiary/aromatic N) is 1. The molecule has 0 aromatic heterocycles. The van der Waals surface area contributed by atoms with Crippen molar-refractivity contribution in [1.29, 1.82) is 0 Å². The van der Waals surface area contributed by atoms with E-state index in [9.17, 15) is 9.59 Å². The number of carbonyl (C=O) groups is 2. The molecular weight excluding hydrogens is 310 g/mol. The van der Waals surface area contributed by atoms with Gasteiger partial charge in [-0.3, -0.25) is 15.0 Å². The van der Waals surface area contributed by atoms with Crippen LogP contribution in [0.1, 0.15) is 51.4 Å². The quantitative estimate of drug-likeness (QED) is 0.809. The Labute approximate surface area is 143 Å². The van der Waals surface area contributed by atoms with Crippen LogP contribution in [0.4, 0.5) is 4.79 Å². The molecule has 2 saturated heterocycles. The molecule has 0 aromatic rings. The second-order valence-corrected chi connectivity index (χ2v) is 7.00. The Kier molecular flexibility index (Phi) is 6.45. The fraction of sp³-hybridized carbons (Fsp3) is 0.882. The Morgan fingerprint density at radius 1 is 0.958 bits per heavy atom. The summed E-state index contributed by atoms with van der Waals surface area (Å²) in [4.78, 5) is 26.3. The number of rotatable bonds is 4. The summed E-state index contributed by atoms with van der Waals surface area (Å²) >= 11 is 0. The van der Waals surface area contributed by atoms with E-state index in [1.165, 1.54) is 6.42 Å². The van der Waals surface area contributed by atoms with Crippen LogP contribution in [0.15, 0.2) is 0 Å². The molecule has 7 nitrogen and oxygen atoms in total. The number of ether oxygens (including phenoxy) is 2. The molecule has 2 heterocycles. The molecule has 1 aliphatic carbocycles. The molecule has 3 aliphatic rings. The summed E-state index contributed by atoms with van der Waals surface area (Å²) in [7, 11) is 0. The van der Waals surface area contributed by atoms with Gasteiger partial charge >= 0.3 is 6.03 Å². The fourth-order valence-electron chi connectivity index (χ4n) is 3.94. The minimum Gasteiger partial charge on any atom is -0.349 e. The highest BCUT2D eigenvalue weighted by molar-refractivity contribution is 5.95. The molecule has 0 spiro atoms. The van der Waals surface area contributed by atoms with Gasteiger partial charge in [-0.1, -0.05) is 25.7 Å². The monoisotopic (exact) mass is 339 g/mol. The molecule has 0 unspecified atom stereocenters. The number of piperidine rings is 1. The van der Waals surface area contributed by atoms with Crippen molar-refractivity contribution in [3.05, 3.63) is 0 Å². The van der Waals surface area contributed by atoms with Gasteiger partial charge in [0.25, 0.3) is 0 Å². The van der Waals surface area contributed by atoms with E-state index in [1.54, 1.807) is 0 Å². The van der Waals surface area contributed by atoms with Crippen LogP contribution in [-0.4, -0.2) is 61.5 Å². The summed E-state index contributed by atoms with van der Waals surface area (Å²) in [6, 6.07) is -0.0585. The molecule has 24 heavy (non-hydrogen) atoms. The maximum Gasteiger partial charge on any atom is 0.321 e. The first-order valence-corrected chi connectivity index (χ1v) is 9.30. The molecule has 1 saturated carbocycles. The van der Waals surface area contributed by atoms with Crippen LogP contribution >= 0.6 is 0 Å². The molecule has 7 heteroatoms. The minimum atomic E-state index is -0.367. The molecule has 136 valence electrons. The standard InChI is InChI=1S/C17H29N3O4/c21-15(19-17(22)18-13-6-2-1-3-7-13)12-20-9-5-4-8-14(20)16-23-10-11-24-16/h13-14,16H,1-12H2,(H2,18,19,21,22)/t14-/m0/s1. The summed E-state index contributed by atoms with van der Waals surface area (Å²) in [5.74, 6) is -0.256. The Bertz CT molecular complexity index is 434. The molecule has 0 bridgehead atoms. The van der Waals surface area contributed by atoms with Crippen LogP contribution in [0.2, 0.25) is 0 Å². The van der Waals surface area contributed by atoms with Crippen molar-refractivity contribution in [3.8, 4) is 0 Å². The number of urea groups is 1. The zero-order valence-corrected chi connectivity index (χ0v) is 14.3. The van der Waals surface area contributed by atoms with Crippen LogP contribution in [0.5, 0.6) is 0 Å². The smallest absolute Gasteiger partial charge is 0.321 e. The van der Waals surface area contributed by atoms with Gasteiger partial charge in [0.05, 0.1) is 25.8 Å². The Hall–Kier alpha value is -1.18. The van der Waals surface area contributed by atoms with E-state index in [0.29, 0.717) is 13.2 Å². The van der Waals surface area contributed by atoms with E-state index in [4.69, 9.17) is 9.47 Å². The lowest BCUT2D eigenvalue weighted by molar-refractivity contribution is -0.130. The lowest BCUT2D eigenvalue weighted by Crippen LogP contribution is -2.53. The van der Waals surface area contributed by atoms with Gasteiger partial charge in [0, 0.05) is 6.04 Å². The van der Waals surface area contributed by atoms with Gasteiger partial charge in [-0.25, -0.2) is 4.79 Å². The first-order chi connectivity index (χ1) is 11.7. The zero-order chi connectivity index (χ0) is 16.8. The number of likely N-dealkylation sites (tertiary alicyclic amines) is 1. The molecular formula is C17H29N3O4. The molecule has 0 aromatic carbocycles. The van der Waals surface area contributed by atoms with Gasteiger partial charge in [0.1, 0.15) is 0 Å². The van der Waals surface area contributed by atoms with Gasteiger partial charge < -0.3 is 14.8 Å². The first-order valence-electron chi connectivity index (χ1n) is 9.30. The SMILES string of the molecule is O=C(CN1CCCC[C@H]1C1OCCO1)NC(=O)NC1CCCCC1. The Morgan fingerprint density at radius 2 is 1.67 bits per heavy atom.